The van der Waals surface area contributed by atoms with Crippen LogP contribution in [-0.2, 0) is 10.0 Å². The summed E-state index contributed by atoms with van der Waals surface area (Å²) in [7, 11) is -0.756. The number of nitrogens with zero attached hydrogens (tertiary/aromatic N) is 1. The number of ether oxygens (including phenoxy) is 2. The molecule has 168 valence electrons. The van der Waals surface area contributed by atoms with E-state index in [0.29, 0.717) is 18.8 Å². The molecule has 8 heteroatoms. The van der Waals surface area contributed by atoms with Crippen molar-refractivity contribution in [3.05, 3.63) is 53.6 Å². The maximum absolute atomic E-state index is 13.3. The highest BCUT2D eigenvalue weighted by atomic mass is 32.2. The van der Waals surface area contributed by atoms with Gasteiger partial charge in [0.05, 0.1) is 20.3 Å². The molecule has 3 rings (SSSR count). The molecule has 1 heterocycles. The Morgan fingerprint density at radius 2 is 1.61 bits per heavy atom. The van der Waals surface area contributed by atoms with E-state index in [1.165, 1.54) is 23.5 Å². The van der Waals surface area contributed by atoms with Gasteiger partial charge in [0.25, 0.3) is 5.91 Å². The molecule has 1 aliphatic heterocycles. The van der Waals surface area contributed by atoms with Crippen LogP contribution in [0, 0.1) is 0 Å². The summed E-state index contributed by atoms with van der Waals surface area (Å²) in [5, 5.41) is 2.92. The molecule has 0 aliphatic carbocycles. The van der Waals surface area contributed by atoms with Gasteiger partial charge in [-0.3, -0.25) is 4.79 Å². The van der Waals surface area contributed by atoms with Crippen LogP contribution in [0.15, 0.2) is 47.4 Å². The van der Waals surface area contributed by atoms with Gasteiger partial charge in [-0.1, -0.05) is 31.0 Å². The number of para-hydroxylation sites is 1. The molecule has 0 spiro atoms. The van der Waals surface area contributed by atoms with Crippen LogP contribution < -0.4 is 14.8 Å². The molecule has 1 atom stereocenters. The second-order valence-corrected chi connectivity index (χ2v) is 9.53. The maximum atomic E-state index is 13.3. The predicted octanol–water partition coefficient (Wildman–Crippen LogP) is 3.76. The van der Waals surface area contributed by atoms with Crippen molar-refractivity contribution in [2.24, 2.45) is 0 Å². The number of carbonyl (C=O) groups excluding carboxylic acids is 1. The number of benzene rings is 2. The highest BCUT2D eigenvalue weighted by molar-refractivity contribution is 7.89. The second kappa shape index (κ2) is 10.2. The summed E-state index contributed by atoms with van der Waals surface area (Å²) < 4.78 is 38.8. The molecule has 1 amide bonds. The third-order valence-corrected chi connectivity index (χ3v) is 7.48. The van der Waals surface area contributed by atoms with Gasteiger partial charge in [0.1, 0.15) is 16.4 Å². The number of rotatable bonds is 7. The van der Waals surface area contributed by atoms with Crippen molar-refractivity contribution in [1.29, 1.82) is 0 Å². The standard InChI is InChI=1S/C23H30N2O5S/c1-17(19-10-6-7-11-20(19)29-2)24-23(26)18-12-13-21(30-3)22(16-18)31(27,28)25-14-8-4-5-9-15-25/h6-7,10-13,16-17H,4-5,8-9,14-15H2,1-3H3,(H,24,26). The molecule has 0 radical (unpaired) electrons. The van der Waals surface area contributed by atoms with E-state index in [-0.39, 0.29) is 28.2 Å². The number of methoxy groups -OCH3 is 2. The van der Waals surface area contributed by atoms with E-state index in [4.69, 9.17) is 9.47 Å². The van der Waals surface area contributed by atoms with Gasteiger partial charge in [-0.15, -0.1) is 0 Å². The van der Waals surface area contributed by atoms with Crippen molar-refractivity contribution in [2.45, 2.75) is 43.5 Å². The average molecular weight is 447 g/mol. The van der Waals surface area contributed by atoms with Gasteiger partial charge in [0.15, 0.2) is 0 Å². The number of amides is 1. The summed E-state index contributed by atoms with van der Waals surface area (Å²) in [6.45, 7) is 2.81. The number of nitrogens with one attached hydrogen (secondary N) is 1. The summed E-state index contributed by atoms with van der Waals surface area (Å²) >= 11 is 0. The fraction of sp³-hybridized carbons (Fsp3) is 0.435. The third-order valence-electron chi connectivity index (χ3n) is 5.56. The highest BCUT2D eigenvalue weighted by Gasteiger charge is 2.29. The Hall–Kier alpha value is -2.58. The lowest BCUT2D eigenvalue weighted by Gasteiger charge is -2.22. The zero-order chi connectivity index (χ0) is 22.4. The van der Waals surface area contributed by atoms with Gasteiger partial charge in [-0.2, -0.15) is 4.31 Å². The van der Waals surface area contributed by atoms with Gasteiger partial charge < -0.3 is 14.8 Å². The predicted molar refractivity (Wildman–Crippen MR) is 119 cm³/mol. The Labute approximate surface area is 184 Å². The lowest BCUT2D eigenvalue weighted by Crippen LogP contribution is -2.32. The largest absolute Gasteiger partial charge is 0.496 e. The molecule has 31 heavy (non-hydrogen) atoms. The summed E-state index contributed by atoms with van der Waals surface area (Å²) in [5.41, 5.74) is 1.10. The van der Waals surface area contributed by atoms with E-state index in [1.807, 2.05) is 31.2 Å². The SMILES string of the molecule is COc1ccccc1C(C)NC(=O)c1ccc(OC)c(S(=O)(=O)N2CCCCCC2)c1. The second-order valence-electron chi connectivity index (χ2n) is 7.62. The van der Waals surface area contributed by atoms with Crippen LogP contribution in [0.1, 0.15) is 54.6 Å². The lowest BCUT2D eigenvalue weighted by atomic mass is 10.1. The summed E-state index contributed by atoms with van der Waals surface area (Å²) in [6, 6.07) is 11.6. The van der Waals surface area contributed by atoms with Crippen molar-refractivity contribution in [3.8, 4) is 11.5 Å². The molecule has 0 bridgehead atoms. The van der Waals surface area contributed by atoms with Crippen molar-refractivity contribution >= 4 is 15.9 Å². The van der Waals surface area contributed by atoms with Crippen LogP contribution in [0.3, 0.4) is 0 Å². The van der Waals surface area contributed by atoms with Crippen molar-refractivity contribution in [3.63, 3.8) is 0 Å². The van der Waals surface area contributed by atoms with Gasteiger partial charge in [-0.25, -0.2) is 8.42 Å². The summed E-state index contributed by atoms with van der Waals surface area (Å²) in [5.74, 6) is 0.543. The Kier molecular flexibility index (Phi) is 7.56. The van der Waals surface area contributed by atoms with E-state index >= 15 is 0 Å². The van der Waals surface area contributed by atoms with Crippen molar-refractivity contribution in [2.75, 3.05) is 27.3 Å². The highest BCUT2D eigenvalue weighted by Crippen LogP contribution is 2.30. The summed E-state index contributed by atoms with van der Waals surface area (Å²) in [6.07, 6.45) is 3.70. The fourth-order valence-electron chi connectivity index (χ4n) is 3.82. The smallest absolute Gasteiger partial charge is 0.251 e. The fourth-order valence-corrected chi connectivity index (χ4v) is 5.52. The zero-order valence-corrected chi connectivity index (χ0v) is 19.1. The first-order valence-electron chi connectivity index (χ1n) is 10.5. The quantitative estimate of drug-likeness (QED) is 0.700. The average Bonchev–Trinajstić information content (AvgIpc) is 3.08. The third kappa shape index (κ3) is 5.19. The van der Waals surface area contributed by atoms with Crippen LogP contribution in [0.25, 0.3) is 0 Å². The van der Waals surface area contributed by atoms with Crippen LogP contribution in [0.5, 0.6) is 11.5 Å². The number of hydrogen-bond donors (Lipinski definition) is 1. The van der Waals surface area contributed by atoms with Crippen LogP contribution in [0.4, 0.5) is 0 Å². The number of hydrogen-bond acceptors (Lipinski definition) is 5. The van der Waals surface area contributed by atoms with E-state index < -0.39 is 10.0 Å². The van der Waals surface area contributed by atoms with Crippen LogP contribution in [-0.4, -0.2) is 45.9 Å². The van der Waals surface area contributed by atoms with E-state index in [2.05, 4.69) is 5.32 Å². The minimum Gasteiger partial charge on any atom is -0.496 e. The molecular formula is C23H30N2O5S. The van der Waals surface area contributed by atoms with Gasteiger partial charge >= 0.3 is 0 Å². The molecule has 7 nitrogen and oxygen atoms in total. The Morgan fingerprint density at radius 3 is 2.26 bits per heavy atom. The van der Waals surface area contributed by atoms with Gasteiger partial charge in [0.2, 0.25) is 10.0 Å². The molecule has 0 saturated carbocycles. The molecule has 1 N–H and O–H groups in total. The normalized spacial score (nSPS) is 16.2. The number of carbonyl (C=O) groups is 1. The molecule has 1 saturated heterocycles. The molecule has 0 aromatic heterocycles. The molecule has 2 aromatic carbocycles. The first-order chi connectivity index (χ1) is 14.9. The van der Waals surface area contributed by atoms with E-state index in [1.54, 1.807) is 13.2 Å². The lowest BCUT2D eigenvalue weighted by molar-refractivity contribution is 0.0939. The first-order valence-corrected chi connectivity index (χ1v) is 11.9. The van der Waals surface area contributed by atoms with Gasteiger partial charge in [-0.05, 0) is 44.0 Å². The van der Waals surface area contributed by atoms with Crippen molar-refractivity contribution in [1.82, 2.24) is 9.62 Å². The van der Waals surface area contributed by atoms with E-state index in [0.717, 1.165) is 31.2 Å². The Morgan fingerprint density at radius 1 is 0.968 bits per heavy atom. The minimum atomic E-state index is -3.77. The zero-order valence-electron chi connectivity index (χ0n) is 18.3. The number of sulfonamides is 1. The van der Waals surface area contributed by atoms with Crippen molar-refractivity contribution < 1.29 is 22.7 Å². The Bertz CT molecular complexity index is 1010. The molecule has 1 fully saturated rings. The monoisotopic (exact) mass is 446 g/mol. The topological polar surface area (TPSA) is 84.9 Å². The minimum absolute atomic E-state index is 0.0227. The molecule has 1 unspecified atom stereocenters. The molecule has 1 aliphatic rings. The van der Waals surface area contributed by atoms with Crippen LogP contribution in [0.2, 0.25) is 0 Å². The van der Waals surface area contributed by atoms with Crippen LogP contribution >= 0.6 is 0 Å². The van der Waals surface area contributed by atoms with Gasteiger partial charge in [0, 0.05) is 24.2 Å². The molecular weight excluding hydrogens is 416 g/mol. The first kappa shape index (κ1) is 23.1. The maximum Gasteiger partial charge on any atom is 0.251 e. The molecule has 2 aromatic rings. The van der Waals surface area contributed by atoms with E-state index in [9.17, 15) is 13.2 Å². The summed E-state index contributed by atoms with van der Waals surface area (Å²) in [4.78, 5) is 13.0. The Balaban J connectivity index is 1.88.